The fraction of sp³-hybridized carbons (Fsp3) is 0.818. The van der Waals surface area contributed by atoms with Crippen molar-refractivity contribution in [1.82, 2.24) is 0 Å². The average molecular weight is 358 g/mol. The van der Waals surface area contributed by atoms with Gasteiger partial charge in [-0.25, -0.2) is 0 Å². The second kappa shape index (κ2) is 4.70. The summed E-state index contributed by atoms with van der Waals surface area (Å²) >= 11 is 0. The SMILES string of the molecule is CC(=O)[C@@]1(O)C(C)C[C@H]2[C@@H]3CCC4=CC(=O)CC[C@]4(C)[C@]34OC4C[C@@]21C. The van der Waals surface area contributed by atoms with Crippen molar-refractivity contribution in [3.8, 4) is 0 Å². The summed E-state index contributed by atoms with van der Waals surface area (Å²) in [5.41, 5.74) is -0.603. The number of carbonyl (C=O) groups is 2. The summed E-state index contributed by atoms with van der Waals surface area (Å²) in [6.07, 6.45) is 7.09. The Bertz CT molecular complexity index is 755. The molecule has 0 bridgehead atoms. The molecule has 2 unspecified atom stereocenters. The van der Waals surface area contributed by atoms with Crippen molar-refractivity contribution < 1.29 is 19.4 Å². The third-order valence-corrected chi connectivity index (χ3v) is 9.45. The third-order valence-electron chi connectivity index (χ3n) is 9.45. The molecule has 1 heterocycles. The fourth-order valence-corrected chi connectivity index (χ4v) is 8.10. The summed E-state index contributed by atoms with van der Waals surface area (Å²) in [5.74, 6) is 0.834. The Morgan fingerprint density at radius 1 is 1.27 bits per heavy atom. The van der Waals surface area contributed by atoms with Gasteiger partial charge in [0, 0.05) is 17.3 Å². The Kier molecular flexibility index (Phi) is 3.09. The minimum absolute atomic E-state index is 0.0118. The van der Waals surface area contributed by atoms with Crippen LogP contribution in [0.15, 0.2) is 11.6 Å². The molecule has 1 N–H and O–H groups in total. The molecule has 4 heteroatoms. The Balaban J connectivity index is 1.60. The van der Waals surface area contributed by atoms with Gasteiger partial charge >= 0.3 is 0 Å². The molecule has 1 spiro atoms. The number of carbonyl (C=O) groups excluding carboxylic acids is 2. The van der Waals surface area contributed by atoms with E-state index in [-0.39, 0.29) is 34.6 Å². The van der Waals surface area contributed by atoms with E-state index < -0.39 is 11.0 Å². The molecule has 0 radical (unpaired) electrons. The summed E-state index contributed by atoms with van der Waals surface area (Å²) in [6, 6.07) is 0. The van der Waals surface area contributed by atoms with Crippen molar-refractivity contribution >= 4 is 11.6 Å². The van der Waals surface area contributed by atoms with E-state index in [0.717, 1.165) is 32.1 Å². The van der Waals surface area contributed by atoms with Crippen LogP contribution in [0.1, 0.15) is 66.2 Å². The van der Waals surface area contributed by atoms with Crippen LogP contribution in [0, 0.1) is 28.6 Å². The molecule has 4 fully saturated rings. The van der Waals surface area contributed by atoms with E-state index in [2.05, 4.69) is 13.8 Å². The number of rotatable bonds is 1. The average Bonchev–Trinajstić information content (AvgIpc) is 3.25. The first kappa shape index (κ1) is 17.1. The number of hydrogen-bond acceptors (Lipinski definition) is 4. The van der Waals surface area contributed by atoms with E-state index in [0.29, 0.717) is 18.3 Å². The standard InChI is InChI=1S/C22H30O4/c1-12-9-17-16-6-5-14-10-15(24)7-8-19(14,3)22(16)18(26-22)11-20(17,4)21(12,25)13(2)23/h10,12,16-18,25H,5-9,11H2,1-4H3/t12?,16-,17-,18?,19-,20-,21-,22-/m0/s1. The molecular weight excluding hydrogens is 328 g/mol. The van der Waals surface area contributed by atoms with Gasteiger partial charge in [0.1, 0.15) is 11.2 Å². The first-order valence-electron chi connectivity index (χ1n) is 10.3. The Labute approximate surface area is 155 Å². The van der Waals surface area contributed by atoms with Crippen LogP contribution in [0.2, 0.25) is 0 Å². The van der Waals surface area contributed by atoms with Crippen LogP contribution in [-0.4, -0.2) is 34.0 Å². The maximum absolute atomic E-state index is 12.5. The molecule has 5 aliphatic rings. The number of aliphatic hydroxyl groups is 1. The monoisotopic (exact) mass is 358 g/mol. The van der Waals surface area contributed by atoms with Gasteiger partial charge in [-0.1, -0.05) is 26.3 Å². The normalized spacial score (nSPS) is 57.4. The second-order valence-electron chi connectivity index (χ2n) is 10.2. The largest absolute Gasteiger partial charge is 0.381 e. The minimum atomic E-state index is -1.24. The molecule has 3 saturated carbocycles. The zero-order chi connectivity index (χ0) is 18.7. The van der Waals surface area contributed by atoms with Crippen molar-refractivity contribution in [1.29, 1.82) is 0 Å². The van der Waals surface area contributed by atoms with Gasteiger partial charge in [-0.05, 0) is 62.9 Å². The molecule has 4 nitrogen and oxygen atoms in total. The lowest BCUT2D eigenvalue weighted by Crippen LogP contribution is -2.62. The van der Waals surface area contributed by atoms with E-state index in [1.807, 2.05) is 13.0 Å². The van der Waals surface area contributed by atoms with Crippen molar-refractivity contribution in [3.05, 3.63) is 11.6 Å². The van der Waals surface area contributed by atoms with Crippen LogP contribution in [-0.2, 0) is 14.3 Å². The van der Waals surface area contributed by atoms with E-state index >= 15 is 0 Å². The van der Waals surface area contributed by atoms with Crippen molar-refractivity contribution in [2.24, 2.45) is 28.6 Å². The van der Waals surface area contributed by atoms with Crippen LogP contribution < -0.4 is 0 Å². The van der Waals surface area contributed by atoms with Crippen LogP contribution in [0.5, 0.6) is 0 Å². The molecule has 8 atom stereocenters. The molecule has 0 amide bonds. The first-order chi connectivity index (χ1) is 12.1. The lowest BCUT2D eigenvalue weighted by Gasteiger charge is -2.56. The van der Waals surface area contributed by atoms with Gasteiger partial charge < -0.3 is 9.84 Å². The van der Waals surface area contributed by atoms with E-state index in [1.54, 1.807) is 6.92 Å². The van der Waals surface area contributed by atoms with Crippen LogP contribution in [0.4, 0.5) is 0 Å². The van der Waals surface area contributed by atoms with Crippen molar-refractivity contribution in [2.45, 2.75) is 83.5 Å². The zero-order valence-electron chi connectivity index (χ0n) is 16.3. The molecule has 4 aliphatic carbocycles. The highest BCUT2D eigenvalue weighted by molar-refractivity contribution is 5.92. The van der Waals surface area contributed by atoms with Crippen molar-refractivity contribution in [3.63, 3.8) is 0 Å². The van der Waals surface area contributed by atoms with Crippen molar-refractivity contribution in [2.75, 3.05) is 0 Å². The van der Waals surface area contributed by atoms with Gasteiger partial charge in [0.25, 0.3) is 0 Å². The minimum Gasteiger partial charge on any atom is -0.381 e. The molecular formula is C22H30O4. The van der Waals surface area contributed by atoms with Crippen LogP contribution in [0.25, 0.3) is 0 Å². The second-order valence-corrected chi connectivity index (χ2v) is 10.2. The number of Topliss-reactive ketones (excluding diaryl/α,β-unsaturated/α-hetero) is 1. The smallest absolute Gasteiger partial charge is 0.162 e. The highest BCUT2D eigenvalue weighted by Gasteiger charge is 2.81. The maximum Gasteiger partial charge on any atom is 0.162 e. The van der Waals surface area contributed by atoms with Gasteiger partial charge in [-0.3, -0.25) is 9.59 Å². The topological polar surface area (TPSA) is 66.9 Å². The van der Waals surface area contributed by atoms with Crippen LogP contribution in [0.3, 0.4) is 0 Å². The number of ether oxygens (including phenoxy) is 1. The van der Waals surface area contributed by atoms with E-state index in [9.17, 15) is 14.7 Å². The highest BCUT2D eigenvalue weighted by Crippen LogP contribution is 2.76. The van der Waals surface area contributed by atoms with Crippen LogP contribution >= 0.6 is 0 Å². The molecule has 0 aromatic carbocycles. The Morgan fingerprint density at radius 2 is 2.00 bits per heavy atom. The number of epoxide rings is 1. The highest BCUT2D eigenvalue weighted by atomic mass is 16.6. The van der Waals surface area contributed by atoms with Gasteiger partial charge in [0.2, 0.25) is 0 Å². The summed E-state index contributed by atoms with van der Waals surface area (Å²) in [4.78, 5) is 24.5. The molecule has 1 aliphatic heterocycles. The molecule has 0 aromatic heterocycles. The lowest BCUT2D eigenvalue weighted by molar-refractivity contribution is -0.161. The predicted molar refractivity (Wildman–Crippen MR) is 96.4 cm³/mol. The molecule has 142 valence electrons. The fourth-order valence-electron chi connectivity index (χ4n) is 8.10. The van der Waals surface area contributed by atoms with Gasteiger partial charge in [0.05, 0.1) is 6.10 Å². The molecule has 5 rings (SSSR count). The molecule has 1 saturated heterocycles. The third kappa shape index (κ3) is 1.58. The summed E-state index contributed by atoms with van der Waals surface area (Å²) in [7, 11) is 0. The molecule has 0 aromatic rings. The predicted octanol–water partition coefficient (Wildman–Crippen LogP) is 3.22. The quantitative estimate of drug-likeness (QED) is 0.731. The van der Waals surface area contributed by atoms with E-state index in [4.69, 9.17) is 4.74 Å². The van der Waals surface area contributed by atoms with E-state index in [1.165, 1.54) is 5.57 Å². The Hall–Kier alpha value is -1.00. The number of fused-ring (bicyclic) bond motifs is 3. The summed E-state index contributed by atoms with van der Waals surface area (Å²) in [5, 5.41) is 11.5. The Morgan fingerprint density at radius 3 is 2.69 bits per heavy atom. The summed E-state index contributed by atoms with van der Waals surface area (Å²) in [6.45, 7) is 8.02. The number of hydrogen-bond donors (Lipinski definition) is 1. The lowest BCUT2D eigenvalue weighted by atomic mass is 9.46. The zero-order valence-corrected chi connectivity index (χ0v) is 16.3. The van der Waals surface area contributed by atoms with Gasteiger partial charge in [-0.15, -0.1) is 0 Å². The molecule has 26 heavy (non-hydrogen) atoms. The number of ketones is 2. The first-order valence-corrected chi connectivity index (χ1v) is 10.3. The van der Waals surface area contributed by atoms with Gasteiger partial charge in [-0.2, -0.15) is 0 Å². The maximum atomic E-state index is 12.5. The van der Waals surface area contributed by atoms with Gasteiger partial charge in [0.15, 0.2) is 11.6 Å². The summed E-state index contributed by atoms with van der Waals surface area (Å²) < 4.78 is 6.51.